The maximum Gasteiger partial charge on any atom is -0.0235 e. The van der Waals surface area contributed by atoms with Crippen molar-refractivity contribution < 1.29 is 0 Å². The second-order valence-electron chi connectivity index (χ2n) is 15.1. The summed E-state index contributed by atoms with van der Waals surface area (Å²) in [7, 11) is 0. The van der Waals surface area contributed by atoms with E-state index in [1.54, 1.807) is 6.42 Å². The molecule has 5 aliphatic rings. The summed E-state index contributed by atoms with van der Waals surface area (Å²) >= 11 is 0. The molecule has 0 aromatic heterocycles. The minimum Gasteiger partial charge on any atom is -0.0625 e. The van der Waals surface area contributed by atoms with Crippen molar-refractivity contribution in [1.82, 2.24) is 0 Å². The Morgan fingerprint density at radius 1 is 0.567 bits per heavy atom. The zero-order valence-electron chi connectivity index (χ0n) is 21.7. The number of fused-ring (bicyclic) bond motifs is 7. The molecule has 0 radical (unpaired) electrons. The van der Waals surface area contributed by atoms with Gasteiger partial charge in [0, 0.05) is 0 Å². The molecule has 0 heterocycles. The van der Waals surface area contributed by atoms with Crippen molar-refractivity contribution in [2.24, 2.45) is 62.6 Å². The minimum atomic E-state index is 0.570. The molecule has 0 aromatic rings. The molecule has 0 aliphatic heterocycles. The first-order valence-electron chi connectivity index (χ1n) is 13.9. The van der Waals surface area contributed by atoms with Crippen LogP contribution in [0, 0.1) is 62.6 Å². The first-order chi connectivity index (χ1) is 13.9. The van der Waals surface area contributed by atoms with Gasteiger partial charge in [0.1, 0.15) is 0 Å². The molecule has 0 spiro atoms. The molecular formula is C30H52. The standard InChI is InChI=1S/C30H52/c1-20(2)21-10-13-25-28(21,6)18-19-29(7)23-11-12-24-26(3,4)15-9-16-27(24,5)22(23)14-17-30(25,29)8/h20-25H,9-19H2,1-8H3/t21-,22+,23+,24+,25-,27-,28-,29-,30+/m1/s1. The summed E-state index contributed by atoms with van der Waals surface area (Å²) in [4.78, 5) is 0. The number of hydrogen-bond donors (Lipinski definition) is 0. The Labute approximate surface area is 188 Å². The van der Waals surface area contributed by atoms with Gasteiger partial charge in [-0.2, -0.15) is 0 Å². The smallest absolute Gasteiger partial charge is 0.0235 e. The molecular weight excluding hydrogens is 360 g/mol. The van der Waals surface area contributed by atoms with E-state index in [2.05, 4.69) is 55.4 Å². The molecule has 5 saturated carbocycles. The molecule has 0 amide bonds. The zero-order valence-corrected chi connectivity index (χ0v) is 21.7. The first kappa shape index (κ1) is 21.8. The lowest BCUT2D eigenvalue weighted by Crippen LogP contribution is -2.64. The Morgan fingerprint density at radius 2 is 1.27 bits per heavy atom. The highest BCUT2D eigenvalue weighted by molar-refractivity contribution is 5.18. The summed E-state index contributed by atoms with van der Waals surface area (Å²) in [5, 5.41) is 0. The Morgan fingerprint density at radius 3 is 1.97 bits per heavy atom. The van der Waals surface area contributed by atoms with E-state index in [9.17, 15) is 0 Å². The lowest BCUT2D eigenvalue weighted by Gasteiger charge is -2.71. The van der Waals surface area contributed by atoms with E-state index in [1.165, 1.54) is 64.2 Å². The van der Waals surface area contributed by atoms with E-state index in [1.807, 2.05) is 0 Å². The van der Waals surface area contributed by atoms with Crippen LogP contribution in [0.1, 0.15) is 126 Å². The van der Waals surface area contributed by atoms with Crippen molar-refractivity contribution in [3.63, 3.8) is 0 Å². The van der Waals surface area contributed by atoms with Crippen LogP contribution in [0.5, 0.6) is 0 Å². The number of hydrogen-bond acceptors (Lipinski definition) is 0. The summed E-state index contributed by atoms with van der Waals surface area (Å²) in [6.07, 6.45) is 16.7. The lowest BCUT2D eigenvalue weighted by molar-refractivity contribution is -0.227. The van der Waals surface area contributed by atoms with E-state index in [0.29, 0.717) is 27.1 Å². The predicted octanol–water partition coefficient (Wildman–Crippen LogP) is 9.13. The van der Waals surface area contributed by atoms with Crippen molar-refractivity contribution in [3.8, 4) is 0 Å². The maximum atomic E-state index is 2.81. The molecule has 0 aromatic carbocycles. The van der Waals surface area contributed by atoms with Crippen molar-refractivity contribution in [2.75, 3.05) is 0 Å². The van der Waals surface area contributed by atoms with Gasteiger partial charge < -0.3 is 0 Å². The highest BCUT2D eigenvalue weighted by Crippen LogP contribution is 2.77. The summed E-state index contributed by atoms with van der Waals surface area (Å²) in [6, 6.07) is 0. The molecule has 5 aliphatic carbocycles. The van der Waals surface area contributed by atoms with Gasteiger partial charge in [0.15, 0.2) is 0 Å². The predicted molar refractivity (Wildman–Crippen MR) is 129 cm³/mol. The Kier molecular flexibility index (Phi) is 4.75. The van der Waals surface area contributed by atoms with E-state index in [0.717, 1.165) is 35.5 Å². The molecule has 9 atom stereocenters. The fourth-order valence-corrected chi connectivity index (χ4v) is 12.1. The van der Waals surface area contributed by atoms with E-state index >= 15 is 0 Å². The third kappa shape index (κ3) is 2.52. The van der Waals surface area contributed by atoms with Crippen LogP contribution >= 0.6 is 0 Å². The molecule has 30 heavy (non-hydrogen) atoms. The minimum absolute atomic E-state index is 0.570. The molecule has 0 saturated heterocycles. The van der Waals surface area contributed by atoms with Gasteiger partial charge in [-0.3, -0.25) is 0 Å². The molecule has 172 valence electrons. The van der Waals surface area contributed by atoms with Crippen LogP contribution in [0.25, 0.3) is 0 Å². The summed E-state index contributed by atoms with van der Waals surface area (Å²) < 4.78 is 0. The van der Waals surface area contributed by atoms with Crippen LogP contribution in [0.15, 0.2) is 0 Å². The van der Waals surface area contributed by atoms with E-state index in [4.69, 9.17) is 0 Å². The largest absolute Gasteiger partial charge is 0.0625 e. The zero-order chi connectivity index (χ0) is 21.7. The van der Waals surface area contributed by atoms with Gasteiger partial charge in [0.05, 0.1) is 0 Å². The molecule has 5 rings (SSSR count). The van der Waals surface area contributed by atoms with Crippen molar-refractivity contribution in [1.29, 1.82) is 0 Å². The SMILES string of the molecule is CC(C)[C@H]1CC[C@@H]2[C@]1(C)CC[C@]1(C)[C@H]3CC[C@H]4C(C)(C)CCC[C@]4(C)[C@H]3CC[C@@]21C. The van der Waals surface area contributed by atoms with Gasteiger partial charge in [-0.05, 0) is 127 Å². The summed E-state index contributed by atoms with van der Waals surface area (Å²) in [6.45, 7) is 21.3. The quantitative estimate of drug-likeness (QED) is 0.402. The monoisotopic (exact) mass is 412 g/mol. The fourth-order valence-electron chi connectivity index (χ4n) is 12.1. The van der Waals surface area contributed by atoms with Crippen LogP contribution in [-0.2, 0) is 0 Å². The van der Waals surface area contributed by atoms with Gasteiger partial charge in [-0.25, -0.2) is 0 Å². The summed E-state index contributed by atoms with van der Waals surface area (Å²) in [5.74, 6) is 5.77. The van der Waals surface area contributed by atoms with Crippen molar-refractivity contribution in [2.45, 2.75) is 126 Å². The lowest BCUT2D eigenvalue weighted by atomic mass is 9.33. The van der Waals surface area contributed by atoms with Gasteiger partial charge in [-0.1, -0.05) is 61.8 Å². The Hall–Kier alpha value is 0. The average Bonchev–Trinajstić information content (AvgIpc) is 3.01. The van der Waals surface area contributed by atoms with Crippen molar-refractivity contribution >= 4 is 0 Å². The van der Waals surface area contributed by atoms with Gasteiger partial charge in [0.2, 0.25) is 0 Å². The molecule has 0 N–H and O–H groups in total. The second-order valence-corrected chi connectivity index (χ2v) is 15.1. The molecule has 0 bridgehead atoms. The second kappa shape index (κ2) is 6.53. The Bertz CT molecular complexity index is 688. The highest BCUT2D eigenvalue weighted by Gasteiger charge is 2.69. The van der Waals surface area contributed by atoms with Gasteiger partial charge >= 0.3 is 0 Å². The fraction of sp³-hybridized carbons (Fsp3) is 1.00. The molecule has 0 heteroatoms. The van der Waals surface area contributed by atoms with Crippen molar-refractivity contribution in [3.05, 3.63) is 0 Å². The Balaban J connectivity index is 1.50. The first-order valence-corrected chi connectivity index (χ1v) is 13.9. The van der Waals surface area contributed by atoms with Crippen LogP contribution in [-0.4, -0.2) is 0 Å². The van der Waals surface area contributed by atoms with Crippen LogP contribution in [0.3, 0.4) is 0 Å². The third-order valence-electron chi connectivity index (χ3n) is 13.6. The maximum absolute atomic E-state index is 2.81. The van der Waals surface area contributed by atoms with Crippen LogP contribution < -0.4 is 0 Å². The van der Waals surface area contributed by atoms with E-state index in [-0.39, 0.29) is 0 Å². The van der Waals surface area contributed by atoms with E-state index < -0.39 is 0 Å². The topological polar surface area (TPSA) is 0 Å². The third-order valence-corrected chi connectivity index (χ3v) is 13.6. The summed E-state index contributed by atoms with van der Waals surface area (Å²) in [5.41, 5.74) is 2.97. The number of rotatable bonds is 1. The average molecular weight is 413 g/mol. The highest BCUT2D eigenvalue weighted by atomic mass is 14.7. The molecule has 5 fully saturated rings. The molecule has 0 unspecified atom stereocenters. The van der Waals surface area contributed by atoms with Crippen LogP contribution in [0.2, 0.25) is 0 Å². The van der Waals surface area contributed by atoms with Crippen LogP contribution in [0.4, 0.5) is 0 Å². The normalized spacial score (nSPS) is 57.3. The van der Waals surface area contributed by atoms with Gasteiger partial charge in [-0.15, -0.1) is 0 Å². The molecule has 0 nitrogen and oxygen atoms in total. The van der Waals surface area contributed by atoms with Gasteiger partial charge in [0.25, 0.3) is 0 Å².